The van der Waals surface area contributed by atoms with E-state index in [4.69, 9.17) is 4.74 Å². The minimum absolute atomic E-state index is 0.0177. The van der Waals surface area contributed by atoms with Crippen LogP contribution in [-0.4, -0.2) is 25.3 Å². The van der Waals surface area contributed by atoms with Gasteiger partial charge in [-0.05, 0) is 32.6 Å². The molecule has 0 unspecified atom stereocenters. The van der Waals surface area contributed by atoms with Crippen molar-refractivity contribution in [3.63, 3.8) is 0 Å². The molecule has 0 aromatic heterocycles. The molecule has 0 radical (unpaired) electrons. The summed E-state index contributed by atoms with van der Waals surface area (Å²) in [6, 6.07) is 0. The van der Waals surface area contributed by atoms with Gasteiger partial charge in [0.1, 0.15) is 6.10 Å². The Morgan fingerprint density at radius 2 is 1.88 bits per heavy atom. The van der Waals surface area contributed by atoms with Gasteiger partial charge in [-0.3, -0.25) is 0 Å². The molecule has 0 saturated heterocycles. The first-order valence-electron chi connectivity index (χ1n) is 5.50. The van der Waals surface area contributed by atoms with Crippen LogP contribution in [0, 0.1) is 0 Å². The van der Waals surface area contributed by atoms with Gasteiger partial charge >= 0.3 is 12.1 Å². The van der Waals surface area contributed by atoms with E-state index < -0.39 is 12.1 Å². The zero-order valence-corrected chi connectivity index (χ0v) is 10.0. The highest BCUT2D eigenvalue weighted by molar-refractivity contribution is 5.82. The van der Waals surface area contributed by atoms with Crippen LogP contribution < -0.4 is 0 Å². The standard InChI is InChI=1S/C11H16N2O4/c1-8(12-13-11(15)16-2)7-10(14)17-9-5-3-4-6-9/h7,9H,3-6H2,1-2H3/b8-7-,13-12?. The van der Waals surface area contributed by atoms with E-state index >= 15 is 0 Å². The third-order valence-electron chi connectivity index (χ3n) is 2.38. The molecule has 1 aliphatic carbocycles. The minimum Gasteiger partial charge on any atom is -0.459 e. The van der Waals surface area contributed by atoms with Crippen molar-refractivity contribution in [2.24, 2.45) is 10.2 Å². The summed E-state index contributed by atoms with van der Waals surface area (Å²) >= 11 is 0. The van der Waals surface area contributed by atoms with E-state index in [0.29, 0.717) is 5.70 Å². The second kappa shape index (κ2) is 6.78. The number of methoxy groups -OCH3 is 1. The van der Waals surface area contributed by atoms with E-state index in [1.165, 1.54) is 13.2 Å². The van der Waals surface area contributed by atoms with Crippen molar-refractivity contribution in [1.82, 2.24) is 0 Å². The van der Waals surface area contributed by atoms with Crippen LogP contribution in [0.5, 0.6) is 0 Å². The van der Waals surface area contributed by atoms with Crippen LogP contribution in [0.4, 0.5) is 4.79 Å². The van der Waals surface area contributed by atoms with Crippen molar-refractivity contribution in [3.8, 4) is 0 Å². The summed E-state index contributed by atoms with van der Waals surface area (Å²) in [6.07, 6.45) is 4.46. The van der Waals surface area contributed by atoms with E-state index in [1.807, 2.05) is 0 Å². The lowest BCUT2D eigenvalue weighted by Gasteiger charge is -2.08. The maximum atomic E-state index is 11.4. The fourth-order valence-corrected chi connectivity index (χ4v) is 1.56. The van der Waals surface area contributed by atoms with Gasteiger partial charge in [0.2, 0.25) is 0 Å². The minimum atomic E-state index is -0.804. The van der Waals surface area contributed by atoms with Crippen molar-refractivity contribution in [3.05, 3.63) is 11.8 Å². The highest BCUT2D eigenvalue weighted by atomic mass is 16.5. The molecule has 17 heavy (non-hydrogen) atoms. The SMILES string of the molecule is COC(=O)N=N/C(C)=C\C(=O)OC1CCCC1. The van der Waals surface area contributed by atoms with Gasteiger partial charge in [-0.1, -0.05) is 5.11 Å². The molecule has 94 valence electrons. The molecule has 0 N–H and O–H groups in total. The number of hydrogen-bond acceptors (Lipinski definition) is 5. The second-order valence-electron chi connectivity index (χ2n) is 3.80. The summed E-state index contributed by atoms with van der Waals surface area (Å²) in [6.45, 7) is 1.56. The van der Waals surface area contributed by atoms with Crippen molar-refractivity contribution < 1.29 is 19.1 Å². The van der Waals surface area contributed by atoms with E-state index in [9.17, 15) is 9.59 Å². The normalized spacial score (nSPS) is 17.4. The molecule has 0 aliphatic heterocycles. The summed E-state index contributed by atoms with van der Waals surface area (Å²) in [4.78, 5) is 22.1. The molecule has 0 spiro atoms. The van der Waals surface area contributed by atoms with Gasteiger partial charge < -0.3 is 9.47 Å². The third kappa shape index (κ3) is 5.24. The lowest BCUT2D eigenvalue weighted by Crippen LogP contribution is -2.12. The lowest BCUT2D eigenvalue weighted by atomic mass is 10.3. The van der Waals surface area contributed by atoms with E-state index in [-0.39, 0.29) is 6.10 Å². The average molecular weight is 240 g/mol. The number of hydrogen-bond donors (Lipinski definition) is 0. The molecule has 0 heterocycles. The van der Waals surface area contributed by atoms with Crippen LogP contribution in [0.1, 0.15) is 32.6 Å². The van der Waals surface area contributed by atoms with Crippen molar-refractivity contribution in [2.45, 2.75) is 38.7 Å². The number of allylic oxidation sites excluding steroid dienone is 1. The molecular weight excluding hydrogens is 224 g/mol. The van der Waals surface area contributed by atoms with Crippen LogP contribution in [0.3, 0.4) is 0 Å². The van der Waals surface area contributed by atoms with Gasteiger partial charge in [-0.2, -0.15) is 0 Å². The Bertz CT molecular complexity index is 343. The number of esters is 1. The zero-order chi connectivity index (χ0) is 12.7. The Hall–Kier alpha value is -1.72. The molecule has 1 rings (SSSR count). The molecule has 6 heteroatoms. The van der Waals surface area contributed by atoms with Gasteiger partial charge in [0.05, 0.1) is 12.8 Å². The Labute approximate surface area is 99.7 Å². The highest BCUT2D eigenvalue weighted by Gasteiger charge is 2.18. The van der Waals surface area contributed by atoms with Crippen LogP contribution in [-0.2, 0) is 14.3 Å². The Morgan fingerprint density at radius 1 is 1.24 bits per heavy atom. The third-order valence-corrected chi connectivity index (χ3v) is 2.38. The summed E-state index contributed by atoms with van der Waals surface area (Å²) in [5.41, 5.74) is 0.304. The van der Waals surface area contributed by atoms with Crippen LogP contribution in [0.2, 0.25) is 0 Å². The first-order valence-corrected chi connectivity index (χ1v) is 5.50. The summed E-state index contributed by atoms with van der Waals surface area (Å²) in [5, 5.41) is 6.74. The predicted molar refractivity (Wildman–Crippen MR) is 59.4 cm³/mol. The molecule has 6 nitrogen and oxygen atoms in total. The number of carbonyl (C=O) groups is 2. The molecule has 0 bridgehead atoms. The van der Waals surface area contributed by atoms with Gasteiger partial charge in [0, 0.05) is 6.08 Å². The number of rotatable bonds is 3. The van der Waals surface area contributed by atoms with Crippen molar-refractivity contribution in [1.29, 1.82) is 0 Å². The molecule has 0 aromatic rings. The maximum absolute atomic E-state index is 11.4. The largest absolute Gasteiger partial charge is 0.459 e. The van der Waals surface area contributed by atoms with E-state index in [2.05, 4.69) is 15.0 Å². The zero-order valence-electron chi connectivity index (χ0n) is 10.0. The molecule has 0 atom stereocenters. The summed E-state index contributed by atoms with van der Waals surface area (Å²) < 4.78 is 9.45. The van der Waals surface area contributed by atoms with Crippen LogP contribution >= 0.6 is 0 Å². The predicted octanol–water partition coefficient (Wildman–Crippen LogP) is 2.59. The average Bonchev–Trinajstić information content (AvgIpc) is 2.78. The molecule has 1 saturated carbocycles. The van der Waals surface area contributed by atoms with E-state index in [0.717, 1.165) is 25.7 Å². The van der Waals surface area contributed by atoms with Crippen LogP contribution in [0.25, 0.3) is 0 Å². The van der Waals surface area contributed by atoms with Gasteiger partial charge in [0.15, 0.2) is 0 Å². The Balaban J connectivity index is 2.41. The first-order chi connectivity index (χ1) is 8.11. The molecule has 0 aromatic carbocycles. The van der Waals surface area contributed by atoms with Crippen molar-refractivity contribution >= 4 is 12.1 Å². The second-order valence-corrected chi connectivity index (χ2v) is 3.80. The van der Waals surface area contributed by atoms with Gasteiger partial charge in [-0.25, -0.2) is 9.59 Å². The fourth-order valence-electron chi connectivity index (χ4n) is 1.56. The topological polar surface area (TPSA) is 77.3 Å². The molecule has 1 amide bonds. The lowest BCUT2D eigenvalue weighted by molar-refractivity contribution is -0.142. The number of amides is 1. The number of carbonyl (C=O) groups excluding carboxylic acids is 2. The Morgan fingerprint density at radius 3 is 2.47 bits per heavy atom. The Kier molecular flexibility index (Phi) is 5.32. The number of azo groups is 1. The summed E-state index contributed by atoms with van der Waals surface area (Å²) in [5.74, 6) is -0.446. The maximum Gasteiger partial charge on any atom is 0.452 e. The highest BCUT2D eigenvalue weighted by Crippen LogP contribution is 2.21. The van der Waals surface area contributed by atoms with Gasteiger partial charge in [-0.15, -0.1) is 5.11 Å². The number of ether oxygens (including phenoxy) is 2. The van der Waals surface area contributed by atoms with E-state index in [1.54, 1.807) is 6.92 Å². The first kappa shape index (κ1) is 13.3. The molecule has 1 fully saturated rings. The molecular formula is C11H16N2O4. The number of nitrogens with zero attached hydrogens (tertiary/aromatic N) is 2. The quantitative estimate of drug-likeness (QED) is 0.431. The fraction of sp³-hybridized carbons (Fsp3) is 0.636. The smallest absolute Gasteiger partial charge is 0.452 e. The van der Waals surface area contributed by atoms with Gasteiger partial charge in [0.25, 0.3) is 0 Å². The van der Waals surface area contributed by atoms with Crippen molar-refractivity contribution in [2.75, 3.05) is 7.11 Å². The summed E-state index contributed by atoms with van der Waals surface area (Å²) in [7, 11) is 1.20. The monoisotopic (exact) mass is 240 g/mol. The van der Waals surface area contributed by atoms with Crippen LogP contribution in [0.15, 0.2) is 22.0 Å². The molecule has 1 aliphatic rings.